The predicted molar refractivity (Wildman–Crippen MR) is 59.5 cm³/mol. The Bertz CT molecular complexity index is 249. The van der Waals surface area contributed by atoms with Crippen LogP contribution in [0, 0.1) is 6.92 Å². The van der Waals surface area contributed by atoms with Crippen LogP contribution in [0.1, 0.15) is 38.3 Å². The molecule has 1 aromatic rings. The molecule has 3 nitrogen and oxygen atoms in total. The lowest BCUT2D eigenvalue weighted by molar-refractivity contribution is 0.343. The molecule has 0 aromatic carbocycles. The second-order valence-corrected chi connectivity index (χ2v) is 3.48. The van der Waals surface area contributed by atoms with Crippen molar-refractivity contribution in [3.05, 3.63) is 18.0 Å². The van der Waals surface area contributed by atoms with Crippen LogP contribution in [0.25, 0.3) is 0 Å². The molecule has 1 aromatic heterocycles. The summed E-state index contributed by atoms with van der Waals surface area (Å²) in [5.41, 5.74) is 1.26. The van der Waals surface area contributed by atoms with Crippen LogP contribution in [0.5, 0.6) is 0 Å². The Morgan fingerprint density at radius 2 is 2.00 bits per heavy atom. The summed E-state index contributed by atoms with van der Waals surface area (Å²) in [6.07, 6.45) is 6.49. The van der Waals surface area contributed by atoms with Crippen molar-refractivity contribution < 1.29 is 0 Å². The molecule has 3 heteroatoms. The first-order chi connectivity index (χ1) is 6.86. The first-order valence-corrected chi connectivity index (χ1v) is 5.58. The van der Waals surface area contributed by atoms with Crippen molar-refractivity contribution in [2.75, 3.05) is 13.1 Å². The first kappa shape index (κ1) is 11.2. The fraction of sp³-hybridized carbons (Fsp3) is 0.727. The largest absolute Gasteiger partial charge is 0.317 e. The Labute approximate surface area is 86.5 Å². The molecule has 0 aliphatic carbocycles. The number of nitrogens with one attached hydrogen (secondary N) is 1. The zero-order chi connectivity index (χ0) is 10.4. The van der Waals surface area contributed by atoms with E-state index in [1.165, 1.54) is 18.4 Å². The normalized spacial score (nSPS) is 17.4. The van der Waals surface area contributed by atoms with Gasteiger partial charge in [-0.2, -0.15) is 5.10 Å². The molecule has 80 valence electrons. The Balaban J connectivity index is 0.000000461. The van der Waals surface area contributed by atoms with E-state index in [0.29, 0.717) is 6.04 Å². The molecule has 14 heavy (non-hydrogen) atoms. The zero-order valence-corrected chi connectivity index (χ0v) is 9.45. The molecule has 0 unspecified atom stereocenters. The molecule has 1 aliphatic rings. The summed E-state index contributed by atoms with van der Waals surface area (Å²) < 4.78 is 2.11. The van der Waals surface area contributed by atoms with Gasteiger partial charge in [-0.15, -0.1) is 0 Å². The van der Waals surface area contributed by atoms with Crippen LogP contribution in [0.2, 0.25) is 0 Å². The van der Waals surface area contributed by atoms with Gasteiger partial charge >= 0.3 is 0 Å². The standard InChI is InChI=1S/C9H15N3.C2H6/c1-8-6-11-12(7-8)9-2-4-10-5-3-9;1-2/h6-7,9-10H,2-5H2,1H3;1-2H3. The first-order valence-electron chi connectivity index (χ1n) is 5.58. The topological polar surface area (TPSA) is 29.9 Å². The van der Waals surface area contributed by atoms with Gasteiger partial charge < -0.3 is 5.32 Å². The summed E-state index contributed by atoms with van der Waals surface area (Å²) in [7, 11) is 0. The number of aryl methyl sites for hydroxylation is 1. The number of hydrogen-bond acceptors (Lipinski definition) is 2. The van der Waals surface area contributed by atoms with Crippen LogP contribution in [-0.4, -0.2) is 22.9 Å². The highest BCUT2D eigenvalue weighted by Crippen LogP contribution is 2.17. The molecule has 2 heterocycles. The summed E-state index contributed by atoms with van der Waals surface area (Å²) in [6, 6.07) is 0.625. The predicted octanol–water partition coefficient (Wildman–Crippen LogP) is 2.14. The van der Waals surface area contributed by atoms with Gasteiger partial charge in [0.2, 0.25) is 0 Å². The molecule has 0 spiro atoms. The molecule has 0 radical (unpaired) electrons. The molecule has 1 aliphatic heterocycles. The number of hydrogen-bond donors (Lipinski definition) is 1. The van der Waals surface area contributed by atoms with Crippen molar-refractivity contribution in [2.24, 2.45) is 0 Å². The number of nitrogens with zero attached hydrogens (tertiary/aromatic N) is 2. The number of aromatic nitrogens is 2. The van der Waals surface area contributed by atoms with Gasteiger partial charge in [-0.1, -0.05) is 13.8 Å². The molecular weight excluding hydrogens is 174 g/mol. The van der Waals surface area contributed by atoms with Gasteiger partial charge in [-0.05, 0) is 38.4 Å². The van der Waals surface area contributed by atoms with Crippen molar-refractivity contribution in [3.8, 4) is 0 Å². The third-order valence-electron chi connectivity index (χ3n) is 2.41. The minimum Gasteiger partial charge on any atom is -0.317 e. The highest BCUT2D eigenvalue weighted by atomic mass is 15.3. The van der Waals surface area contributed by atoms with Gasteiger partial charge in [-0.3, -0.25) is 4.68 Å². The van der Waals surface area contributed by atoms with E-state index in [4.69, 9.17) is 0 Å². The fourth-order valence-electron chi connectivity index (χ4n) is 1.70. The molecule has 0 atom stereocenters. The van der Waals surface area contributed by atoms with Gasteiger partial charge in [0.25, 0.3) is 0 Å². The summed E-state index contributed by atoms with van der Waals surface area (Å²) in [4.78, 5) is 0. The van der Waals surface area contributed by atoms with E-state index in [0.717, 1.165) is 13.1 Å². The van der Waals surface area contributed by atoms with Gasteiger partial charge in [0.1, 0.15) is 0 Å². The summed E-state index contributed by atoms with van der Waals surface area (Å²) >= 11 is 0. The lowest BCUT2D eigenvalue weighted by Crippen LogP contribution is -2.29. The quantitative estimate of drug-likeness (QED) is 0.744. The smallest absolute Gasteiger partial charge is 0.0543 e. The molecule has 0 amide bonds. The Kier molecular flexibility index (Phi) is 4.66. The Morgan fingerprint density at radius 3 is 2.50 bits per heavy atom. The van der Waals surface area contributed by atoms with E-state index in [1.54, 1.807) is 0 Å². The molecular formula is C11H21N3. The number of rotatable bonds is 1. The van der Waals surface area contributed by atoms with Gasteiger partial charge in [0.05, 0.1) is 12.2 Å². The minimum absolute atomic E-state index is 0.625. The molecule has 1 fully saturated rings. The van der Waals surface area contributed by atoms with Crippen molar-refractivity contribution in [3.63, 3.8) is 0 Å². The van der Waals surface area contributed by atoms with Gasteiger partial charge in [0.15, 0.2) is 0 Å². The lowest BCUT2D eigenvalue weighted by atomic mass is 10.1. The monoisotopic (exact) mass is 195 g/mol. The van der Waals surface area contributed by atoms with E-state index in [1.807, 2.05) is 20.0 Å². The van der Waals surface area contributed by atoms with E-state index in [-0.39, 0.29) is 0 Å². The van der Waals surface area contributed by atoms with Crippen LogP contribution in [0.15, 0.2) is 12.4 Å². The van der Waals surface area contributed by atoms with Crippen molar-refractivity contribution in [2.45, 2.75) is 39.7 Å². The van der Waals surface area contributed by atoms with Crippen LogP contribution in [-0.2, 0) is 0 Å². The van der Waals surface area contributed by atoms with Gasteiger partial charge in [0, 0.05) is 6.20 Å². The minimum atomic E-state index is 0.625. The summed E-state index contributed by atoms with van der Waals surface area (Å²) in [5.74, 6) is 0. The second kappa shape index (κ2) is 5.81. The SMILES string of the molecule is CC.Cc1cnn(C2CCNCC2)c1. The third kappa shape index (κ3) is 2.84. The lowest BCUT2D eigenvalue weighted by Gasteiger charge is -2.22. The Morgan fingerprint density at radius 1 is 1.36 bits per heavy atom. The van der Waals surface area contributed by atoms with E-state index in [2.05, 4.69) is 28.2 Å². The van der Waals surface area contributed by atoms with E-state index >= 15 is 0 Å². The van der Waals surface area contributed by atoms with E-state index < -0.39 is 0 Å². The molecule has 2 rings (SSSR count). The zero-order valence-electron chi connectivity index (χ0n) is 9.45. The maximum absolute atomic E-state index is 4.33. The Hall–Kier alpha value is -0.830. The van der Waals surface area contributed by atoms with Crippen LogP contribution in [0.4, 0.5) is 0 Å². The highest BCUT2D eigenvalue weighted by molar-refractivity contribution is 5.00. The maximum Gasteiger partial charge on any atom is 0.0543 e. The van der Waals surface area contributed by atoms with E-state index in [9.17, 15) is 0 Å². The van der Waals surface area contributed by atoms with Crippen LogP contribution in [0.3, 0.4) is 0 Å². The third-order valence-corrected chi connectivity index (χ3v) is 2.41. The summed E-state index contributed by atoms with van der Waals surface area (Å²) in [6.45, 7) is 8.34. The highest BCUT2D eigenvalue weighted by Gasteiger charge is 2.14. The molecule has 0 bridgehead atoms. The number of piperidine rings is 1. The summed E-state index contributed by atoms with van der Waals surface area (Å²) in [5, 5.41) is 7.68. The van der Waals surface area contributed by atoms with Crippen LogP contribution >= 0.6 is 0 Å². The fourth-order valence-corrected chi connectivity index (χ4v) is 1.70. The molecule has 1 saturated heterocycles. The van der Waals surface area contributed by atoms with Crippen molar-refractivity contribution in [1.29, 1.82) is 0 Å². The van der Waals surface area contributed by atoms with Gasteiger partial charge in [-0.25, -0.2) is 0 Å². The maximum atomic E-state index is 4.33. The van der Waals surface area contributed by atoms with Crippen molar-refractivity contribution >= 4 is 0 Å². The van der Waals surface area contributed by atoms with Crippen LogP contribution < -0.4 is 5.32 Å². The molecule has 0 saturated carbocycles. The van der Waals surface area contributed by atoms with Crippen molar-refractivity contribution in [1.82, 2.24) is 15.1 Å². The average molecular weight is 195 g/mol. The average Bonchev–Trinajstić information content (AvgIpc) is 2.69. The molecule has 1 N–H and O–H groups in total. The second-order valence-electron chi connectivity index (χ2n) is 3.48.